The molecule has 2 amide bonds. The SMILES string of the molecule is CN[C@H](C(=O)N[C@H](C(=O)N(C)[C@H](C=C(C)C(=O)O)C(C)C)C(C)(C)C)C(C)(C)c1cccc(C)c1. The topological polar surface area (TPSA) is 98.7 Å². The number of rotatable bonds is 10. The van der Waals surface area contributed by atoms with Crippen LogP contribution in [0.3, 0.4) is 0 Å². The quantitative estimate of drug-likeness (QED) is 0.435. The molecule has 196 valence electrons. The first-order valence-electron chi connectivity index (χ1n) is 12.2. The number of carboxylic acid groups (broad SMARTS) is 1. The van der Waals surface area contributed by atoms with Crippen molar-refractivity contribution in [2.75, 3.05) is 14.1 Å². The summed E-state index contributed by atoms with van der Waals surface area (Å²) in [5.74, 6) is -1.56. The maximum absolute atomic E-state index is 13.7. The number of hydrogen-bond acceptors (Lipinski definition) is 4. The molecule has 3 atom stereocenters. The van der Waals surface area contributed by atoms with E-state index >= 15 is 0 Å². The second-order valence-electron chi connectivity index (χ2n) is 11.5. The van der Waals surface area contributed by atoms with Crippen molar-refractivity contribution >= 4 is 17.8 Å². The predicted octanol–water partition coefficient (Wildman–Crippen LogP) is 3.91. The molecule has 0 saturated carbocycles. The van der Waals surface area contributed by atoms with Crippen LogP contribution in [0, 0.1) is 18.3 Å². The van der Waals surface area contributed by atoms with Crippen LogP contribution in [0.25, 0.3) is 0 Å². The molecule has 3 N–H and O–H groups in total. The molecule has 0 aliphatic rings. The number of benzene rings is 1. The number of amides is 2. The fraction of sp³-hybridized carbons (Fsp3) is 0.607. The Bertz CT molecular complexity index is 944. The number of nitrogens with zero attached hydrogens (tertiary/aromatic N) is 1. The Balaban J connectivity index is 3.32. The van der Waals surface area contributed by atoms with Gasteiger partial charge in [0.05, 0.1) is 12.1 Å². The molecule has 0 unspecified atom stereocenters. The van der Waals surface area contributed by atoms with Gasteiger partial charge in [-0.3, -0.25) is 9.59 Å². The Morgan fingerprint density at radius 2 is 1.63 bits per heavy atom. The molecule has 0 heterocycles. The van der Waals surface area contributed by atoms with Gasteiger partial charge in [0.15, 0.2) is 0 Å². The van der Waals surface area contributed by atoms with Crippen LogP contribution in [0.2, 0.25) is 0 Å². The highest BCUT2D eigenvalue weighted by Gasteiger charge is 2.41. The van der Waals surface area contributed by atoms with Crippen LogP contribution in [-0.2, 0) is 19.8 Å². The third kappa shape index (κ3) is 7.66. The smallest absolute Gasteiger partial charge is 0.331 e. The van der Waals surface area contributed by atoms with E-state index in [1.165, 1.54) is 6.92 Å². The van der Waals surface area contributed by atoms with Gasteiger partial charge < -0.3 is 20.6 Å². The molecule has 0 fully saturated rings. The van der Waals surface area contributed by atoms with E-state index in [9.17, 15) is 19.5 Å². The number of hydrogen-bond donors (Lipinski definition) is 3. The zero-order chi connectivity index (χ0) is 27.3. The van der Waals surface area contributed by atoms with Crippen molar-refractivity contribution < 1.29 is 19.5 Å². The monoisotopic (exact) mass is 487 g/mol. The molecule has 1 rings (SSSR count). The summed E-state index contributed by atoms with van der Waals surface area (Å²) in [7, 11) is 3.41. The molecule has 0 bridgehead atoms. The summed E-state index contributed by atoms with van der Waals surface area (Å²) in [5.41, 5.74) is 1.20. The Morgan fingerprint density at radius 3 is 2.06 bits per heavy atom. The van der Waals surface area contributed by atoms with Gasteiger partial charge in [-0.25, -0.2) is 4.79 Å². The van der Waals surface area contributed by atoms with Crippen molar-refractivity contribution in [3.63, 3.8) is 0 Å². The van der Waals surface area contributed by atoms with Gasteiger partial charge >= 0.3 is 5.97 Å². The van der Waals surface area contributed by atoms with Gasteiger partial charge in [0, 0.05) is 18.0 Å². The van der Waals surface area contributed by atoms with Gasteiger partial charge in [0.2, 0.25) is 11.8 Å². The van der Waals surface area contributed by atoms with Gasteiger partial charge in [-0.2, -0.15) is 0 Å². The first-order chi connectivity index (χ1) is 15.9. The summed E-state index contributed by atoms with van der Waals surface area (Å²) < 4.78 is 0. The van der Waals surface area contributed by atoms with Gasteiger partial charge in [-0.1, -0.05) is 84.4 Å². The molecular weight excluding hydrogens is 442 g/mol. The molecule has 1 aromatic rings. The summed E-state index contributed by atoms with van der Waals surface area (Å²) in [6.07, 6.45) is 1.60. The zero-order valence-electron chi connectivity index (χ0n) is 23.3. The van der Waals surface area contributed by atoms with Crippen molar-refractivity contribution in [3.8, 4) is 0 Å². The molecule has 0 aliphatic heterocycles. The van der Waals surface area contributed by atoms with Crippen molar-refractivity contribution in [1.82, 2.24) is 15.5 Å². The highest BCUT2D eigenvalue weighted by molar-refractivity contribution is 5.91. The van der Waals surface area contributed by atoms with E-state index < -0.39 is 34.9 Å². The van der Waals surface area contributed by atoms with Gasteiger partial charge in [-0.05, 0) is 37.8 Å². The average Bonchev–Trinajstić information content (AvgIpc) is 2.73. The Kier molecular flexibility index (Phi) is 10.3. The van der Waals surface area contributed by atoms with E-state index in [4.69, 9.17) is 0 Å². The number of carboxylic acids is 1. The first-order valence-corrected chi connectivity index (χ1v) is 12.2. The van der Waals surface area contributed by atoms with Gasteiger partial charge in [-0.15, -0.1) is 0 Å². The number of nitrogens with one attached hydrogen (secondary N) is 2. The summed E-state index contributed by atoms with van der Waals surface area (Å²) in [4.78, 5) is 40.3. The van der Waals surface area contributed by atoms with Gasteiger partial charge in [0.25, 0.3) is 0 Å². The normalized spacial score (nSPS) is 15.4. The van der Waals surface area contributed by atoms with Crippen LogP contribution in [0.4, 0.5) is 0 Å². The molecule has 0 spiro atoms. The molecule has 0 aliphatic carbocycles. The van der Waals surface area contributed by atoms with Crippen LogP contribution in [-0.4, -0.2) is 60.0 Å². The van der Waals surface area contributed by atoms with E-state index in [1.807, 2.05) is 73.6 Å². The standard InChI is InChI=1S/C28H45N3O4/c1-17(2)21(16-19(4)26(34)35)31(11)25(33)23(27(5,6)7)30-24(32)22(29-10)28(8,9)20-14-12-13-18(3)15-20/h12-17,21-23,29H,1-11H3,(H,30,32)(H,34,35)/t21-,22-,23-/m1/s1. The van der Waals surface area contributed by atoms with Crippen molar-refractivity contribution in [1.29, 1.82) is 0 Å². The minimum Gasteiger partial charge on any atom is -0.478 e. The Labute approximate surface area is 211 Å². The Hall–Kier alpha value is -2.67. The third-order valence-electron chi connectivity index (χ3n) is 6.67. The van der Waals surface area contributed by atoms with Gasteiger partial charge in [0.1, 0.15) is 6.04 Å². The number of carbonyl (C=O) groups excluding carboxylic acids is 2. The van der Waals surface area contributed by atoms with E-state index in [0.29, 0.717) is 0 Å². The second kappa shape index (κ2) is 11.8. The molecule has 0 saturated heterocycles. The van der Waals surface area contributed by atoms with E-state index in [-0.39, 0.29) is 23.3 Å². The Morgan fingerprint density at radius 1 is 1.06 bits per heavy atom. The van der Waals surface area contributed by atoms with Crippen molar-refractivity contribution in [2.24, 2.45) is 11.3 Å². The summed E-state index contributed by atoms with van der Waals surface area (Å²) in [5, 5.41) is 15.5. The average molecular weight is 488 g/mol. The molecule has 0 aromatic heterocycles. The summed E-state index contributed by atoms with van der Waals surface area (Å²) in [6.45, 7) is 17.2. The van der Waals surface area contributed by atoms with E-state index in [0.717, 1.165) is 11.1 Å². The lowest BCUT2D eigenvalue weighted by atomic mass is 9.76. The van der Waals surface area contributed by atoms with Crippen LogP contribution in [0.5, 0.6) is 0 Å². The molecule has 7 nitrogen and oxygen atoms in total. The maximum Gasteiger partial charge on any atom is 0.331 e. The number of likely N-dealkylation sites (N-methyl/N-ethyl adjacent to an activating group) is 2. The minimum atomic E-state index is -1.02. The van der Waals surface area contributed by atoms with Crippen LogP contribution < -0.4 is 10.6 Å². The predicted molar refractivity (Wildman–Crippen MR) is 141 cm³/mol. The lowest BCUT2D eigenvalue weighted by Gasteiger charge is -2.40. The molecule has 35 heavy (non-hydrogen) atoms. The highest BCUT2D eigenvalue weighted by Crippen LogP contribution is 2.29. The number of aliphatic carboxylic acids is 1. The summed E-state index contributed by atoms with van der Waals surface area (Å²) in [6, 6.07) is 6.27. The largest absolute Gasteiger partial charge is 0.478 e. The molecule has 0 radical (unpaired) electrons. The first kappa shape index (κ1) is 30.4. The van der Waals surface area contributed by atoms with Crippen LogP contribution in [0.15, 0.2) is 35.9 Å². The van der Waals surface area contributed by atoms with Crippen molar-refractivity contribution in [3.05, 3.63) is 47.0 Å². The second-order valence-corrected chi connectivity index (χ2v) is 11.5. The molecule has 1 aromatic carbocycles. The third-order valence-corrected chi connectivity index (χ3v) is 6.67. The fourth-order valence-electron chi connectivity index (χ4n) is 4.34. The number of carbonyl (C=O) groups is 3. The van der Waals surface area contributed by atoms with Crippen molar-refractivity contribution in [2.45, 2.75) is 85.9 Å². The molecular formula is C28H45N3O4. The molecule has 7 heteroatoms. The fourth-order valence-corrected chi connectivity index (χ4v) is 4.34. The van der Waals surface area contributed by atoms with Crippen LogP contribution in [0.1, 0.15) is 66.5 Å². The minimum absolute atomic E-state index is 0.0140. The van der Waals surface area contributed by atoms with Crippen LogP contribution >= 0.6 is 0 Å². The van der Waals surface area contributed by atoms with E-state index in [1.54, 1.807) is 25.1 Å². The lowest BCUT2D eigenvalue weighted by molar-refractivity contribution is -0.141. The highest BCUT2D eigenvalue weighted by atomic mass is 16.4. The van der Waals surface area contributed by atoms with E-state index in [2.05, 4.69) is 16.7 Å². The number of aryl methyl sites for hydroxylation is 1. The zero-order valence-corrected chi connectivity index (χ0v) is 23.3. The lowest BCUT2D eigenvalue weighted by Crippen LogP contribution is -2.61. The summed E-state index contributed by atoms with van der Waals surface area (Å²) >= 11 is 0. The maximum atomic E-state index is 13.7.